The molecule has 1 unspecified atom stereocenters. The van der Waals surface area contributed by atoms with Crippen LogP contribution >= 0.6 is 23.1 Å². The number of oxime groups is 1. The van der Waals surface area contributed by atoms with Gasteiger partial charge in [0.15, 0.2) is 10.8 Å². The number of thioether (sulfide) groups is 1. The molecule has 42 heavy (non-hydrogen) atoms. The maximum atomic E-state index is 13.4. The number of amides is 2. The number of hydrogen-bond acceptors (Lipinski definition) is 13. The molecule has 13 nitrogen and oxygen atoms in total. The first-order chi connectivity index (χ1) is 20.1. The van der Waals surface area contributed by atoms with Gasteiger partial charge in [-0.15, -0.1) is 23.1 Å². The summed E-state index contributed by atoms with van der Waals surface area (Å²) in [5, 5.41) is 16.0. The Kier molecular flexibility index (Phi) is 9.96. The number of nitrogen functional groups attached to an aromatic ring is 1. The van der Waals surface area contributed by atoms with Gasteiger partial charge in [0.1, 0.15) is 22.8 Å². The Bertz CT molecular complexity index is 1440. The number of fused-ring (bicyclic) bond motifs is 1. The topological polar surface area (TPSA) is 186 Å². The van der Waals surface area contributed by atoms with Gasteiger partial charge in [-0.25, -0.2) is 9.78 Å². The van der Waals surface area contributed by atoms with Crippen molar-refractivity contribution in [3.8, 4) is 0 Å². The molecule has 0 aromatic carbocycles. The number of nitrogens with zero attached hydrogens (tertiary/aromatic N) is 4. The molecule has 3 atom stereocenters. The molecule has 0 aliphatic carbocycles. The number of esters is 2. The number of nitrogens with two attached hydrogens (primary N) is 1. The summed E-state index contributed by atoms with van der Waals surface area (Å²) in [6.45, 7) is 5.38. The van der Waals surface area contributed by atoms with Crippen LogP contribution in [-0.4, -0.2) is 73.0 Å². The highest BCUT2D eigenvalue weighted by Crippen LogP contribution is 2.41. The van der Waals surface area contributed by atoms with Crippen LogP contribution in [0.5, 0.6) is 0 Å². The third-order valence-electron chi connectivity index (χ3n) is 6.21. The molecule has 2 aromatic heterocycles. The smallest absolute Gasteiger partial charge is 0.358 e. The van der Waals surface area contributed by atoms with Crippen molar-refractivity contribution in [2.45, 2.75) is 51.3 Å². The fraction of sp³-hybridized carbons (Fsp3) is 0.370. The first-order valence-electron chi connectivity index (χ1n) is 13.0. The number of thiazole rings is 1. The van der Waals surface area contributed by atoms with Crippen LogP contribution < -0.4 is 11.1 Å². The summed E-state index contributed by atoms with van der Waals surface area (Å²) in [5.74, 6) is -2.16. The predicted molar refractivity (Wildman–Crippen MR) is 156 cm³/mol. The average Bonchev–Trinajstić information content (AvgIpc) is 3.39. The van der Waals surface area contributed by atoms with E-state index < -0.39 is 47.2 Å². The van der Waals surface area contributed by atoms with Gasteiger partial charge in [-0.3, -0.25) is 24.3 Å². The van der Waals surface area contributed by atoms with Crippen molar-refractivity contribution in [1.82, 2.24) is 20.2 Å². The number of hydrogen-bond donors (Lipinski definition) is 3. The van der Waals surface area contributed by atoms with Crippen LogP contribution in [0.3, 0.4) is 0 Å². The lowest BCUT2D eigenvalue weighted by Crippen LogP contribution is -2.71. The Balaban J connectivity index is 1.53. The summed E-state index contributed by atoms with van der Waals surface area (Å²) < 4.78 is 10.7. The number of carbonyl (C=O) groups excluding carboxylic acids is 4. The highest BCUT2D eigenvalue weighted by atomic mass is 32.2. The highest BCUT2D eigenvalue weighted by molar-refractivity contribution is 8.00. The molecule has 2 aromatic rings. The number of carbonyl (C=O) groups is 4. The molecule has 1 saturated heterocycles. The largest absolute Gasteiger partial charge is 0.425 e. The second kappa shape index (κ2) is 13.6. The molecule has 4 heterocycles. The van der Waals surface area contributed by atoms with E-state index in [0.29, 0.717) is 23.7 Å². The lowest BCUT2D eigenvalue weighted by molar-refractivity contribution is -0.184. The first kappa shape index (κ1) is 30.7. The van der Waals surface area contributed by atoms with Gasteiger partial charge >= 0.3 is 11.9 Å². The van der Waals surface area contributed by atoms with Crippen molar-refractivity contribution < 1.29 is 33.9 Å². The second-order valence-corrected chi connectivity index (χ2v) is 11.8. The van der Waals surface area contributed by atoms with E-state index in [9.17, 15) is 24.4 Å². The standard InChI is InChI=1S/C27H30N6O7S2/c1-14(2)6-9-19(34)39-15(3)40-26(37)22-17(8-7-16-5-4-10-29-11-16)12-41-25-21(24(36)33(22)25)31-23(35)20(32-38)18-13-42-27(28)30-18/h4-5,7-8,10-11,13-15,21,25,38H,6,9,12H2,1-3H3,(H2,28,30)(H,31,35)/b8-7-,32-20?/t15?,21-,25+/m1/s1. The van der Waals surface area contributed by atoms with Crippen molar-refractivity contribution in [2.24, 2.45) is 11.1 Å². The Hall–Kier alpha value is -4.24. The highest BCUT2D eigenvalue weighted by Gasteiger charge is 2.54. The maximum Gasteiger partial charge on any atom is 0.358 e. The molecule has 15 heteroatoms. The van der Waals surface area contributed by atoms with Crippen LogP contribution in [0.15, 0.2) is 52.4 Å². The van der Waals surface area contributed by atoms with E-state index in [1.807, 2.05) is 19.9 Å². The number of aromatic nitrogens is 2. The minimum absolute atomic E-state index is 0.0252. The molecule has 0 spiro atoms. The zero-order valence-electron chi connectivity index (χ0n) is 23.1. The number of anilines is 1. The fourth-order valence-corrected chi connectivity index (χ4v) is 6.00. The van der Waals surface area contributed by atoms with Gasteiger partial charge in [-0.2, -0.15) is 0 Å². The number of nitrogens with one attached hydrogen (secondary N) is 1. The van der Waals surface area contributed by atoms with E-state index in [1.165, 1.54) is 29.0 Å². The third-order valence-corrected chi connectivity index (χ3v) is 8.19. The van der Waals surface area contributed by atoms with Gasteiger partial charge in [0.05, 0.1) is 0 Å². The Morgan fingerprint density at radius 3 is 2.71 bits per heavy atom. The van der Waals surface area contributed by atoms with E-state index in [2.05, 4.69) is 20.4 Å². The second-order valence-electron chi connectivity index (χ2n) is 9.77. The van der Waals surface area contributed by atoms with E-state index >= 15 is 0 Å². The molecule has 2 amide bonds. The summed E-state index contributed by atoms with van der Waals surface area (Å²) in [6, 6.07) is 2.57. The average molecular weight is 615 g/mol. The van der Waals surface area contributed by atoms with Gasteiger partial charge in [0.2, 0.25) is 6.29 Å². The zero-order valence-corrected chi connectivity index (χ0v) is 24.7. The number of rotatable bonds is 11. The molecule has 4 N–H and O–H groups in total. The minimum atomic E-state index is -1.19. The molecule has 0 saturated carbocycles. The summed E-state index contributed by atoms with van der Waals surface area (Å²) in [6.07, 6.45) is 6.33. The van der Waals surface area contributed by atoms with E-state index in [-0.39, 0.29) is 22.9 Å². The van der Waals surface area contributed by atoms with Crippen LogP contribution in [0.4, 0.5) is 5.13 Å². The minimum Gasteiger partial charge on any atom is -0.425 e. The molecule has 222 valence electrons. The van der Waals surface area contributed by atoms with Crippen LogP contribution in [0.2, 0.25) is 0 Å². The van der Waals surface area contributed by atoms with E-state index in [1.54, 1.807) is 30.6 Å². The van der Waals surface area contributed by atoms with Crippen molar-refractivity contribution >= 4 is 63.8 Å². The quantitative estimate of drug-likeness (QED) is 0.0843. The molecule has 4 rings (SSSR count). The van der Waals surface area contributed by atoms with Gasteiger partial charge in [-0.1, -0.05) is 37.2 Å². The molecular formula is C27H30N6O7S2. The normalized spacial score (nSPS) is 19.4. The molecule has 0 bridgehead atoms. The number of ether oxygens (including phenoxy) is 2. The van der Waals surface area contributed by atoms with Gasteiger partial charge in [0, 0.05) is 36.9 Å². The Morgan fingerprint density at radius 1 is 1.29 bits per heavy atom. The van der Waals surface area contributed by atoms with Gasteiger partial charge in [0.25, 0.3) is 11.8 Å². The first-order valence-corrected chi connectivity index (χ1v) is 14.9. The number of β-lactam (4-membered cyclic amide) rings is 1. The van der Waals surface area contributed by atoms with Crippen molar-refractivity contribution in [1.29, 1.82) is 0 Å². The summed E-state index contributed by atoms with van der Waals surface area (Å²) in [7, 11) is 0. The Labute approximate surface area is 249 Å². The molecule has 1 fully saturated rings. The van der Waals surface area contributed by atoms with Crippen LogP contribution in [-0.2, 0) is 28.7 Å². The molecular weight excluding hydrogens is 584 g/mol. The van der Waals surface area contributed by atoms with Gasteiger partial charge in [-0.05, 0) is 29.5 Å². The summed E-state index contributed by atoms with van der Waals surface area (Å²) in [4.78, 5) is 61.0. The fourth-order valence-electron chi connectivity index (χ4n) is 4.13. The van der Waals surface area contributed by atoms with Crippen molar-refractivity contribution in [3.63, 3.8) is 0 Å². The lowest BCUT2D eigenvalue weighted by Gasteiger charge is -2.49. The van der Waals surface area contributed by atoms with E-state index in [4.69, 9.17) is 15.2 Å². The van der Waals surface area contributed by atoms with E-state index in [0.717, 1.165) is 16.9 Å². The van der Waals surface area contributed by atoms with Gasteiger partial charge < -0.3 is 25.7 Å². The van der Waals surface area contributed by atoms with Crippen LogP contribution in [0, 0.1) is 5.92 Å². The summed E-state index contributed by atoms with van der Waals surface area (Å²) >= 11 is 2.38. The number of allylic oxidation sites excluding steroid dienone is 1. The van der Waals surface area contributed by atoms with Crippen LogP contribution in [0.1, 0.15) is 44.9 Å². The number of pyridine rings is 1. The van der Waals surface area contributed by atoms with Crippen molar-refractivity contribution in [3.05, 3.63) is 58.5 Å². The molecule has 2 aliphatic rings. The third kappa shape index (κ3) is 7.15. The summed E-state index contributed by atoms with van der Waals surface area (Å²) in [5.41, 5.74) is 6.51. The lowest BCUT2D eigenvalue weighted by atomic mass is 10.0. The van der Waals surface area contributed by atoms with Crippen LogP contribution in [0.25, 0.3) is 6.08 Å². The maximum absolute atomic E-state index is 13.4. The molecule has 2 aliphatic heterocycles. The monoisotopic (exact) mass is 614 g/mol. The SMILES string of the molecule is CC(C)CCC(=O)OC(C)OC(=O)C1=C(/C=C\c2cccnc2)CS[C@H]2[C@H](NC(=O)C(=NO)c3csc(N)n3)C(=O)N12. The Morgan fingerprint density at radius 2 is 2.07 bits per heavy atom. The predicted octanol–water partition coefficient (Wildman–Crippen LogP) is 2.53. The molecule has 0 radical (unpaired) electrons. The van der Waals surface area contributed by atoms with Crippen molar-refractivity contribution in [2.75, 3.05) is 11.5 Å². The zero-order chi connectivity index (χ0) is 30.4.